The number of anilines is 1. The van der Waals surface area contributed by atoms with E-state index in [0.717, 1.165) is 31.9 Å². The molecule has 0 saturated carbocycles. The number of nitrogens with zero attached hydrogens (tertiary/aromatic N) is 3. The Labute approximate surface area is 109 Å². The van der Waals surface area contributed by atoms with Gasteiger partial charge in [-0.15, -0.1) is 5.10 Å². The average molecular weight is 262 g/mol. The Morgan fingerprint density at radius 3 is 2.61 bits per heavy atom. The van der Waals surface area contributed by atoms with Gasteiger partial charge >= 0.3 is 0 Å². The van der Waals surface area contributed by atoms with Crippen LogP contribution in [0.4, 0.5) is 5.69 Å². The first-order valence-corrected chi connectivity index (χ1v) is 6.79. The van der Waals surface area contributed by atoms with Gasteiger partial charge in [-0.3, -0.25) is 0 Å². The minimum Gasteiger partial charge on any atom is -0.430 e. The van der Waals surface area contributed by atoms with Gasteiger partial charge in [0.15, 0.2) is 0 Å². The zero-order chi connectivity index (χ0) is 12.2. The molecule has 1 fully saturated rings. The second-order valence-corrected chi connectivity index (χ2v) is 4.83. The second-order valence-electron chi connectivity index (χ2n) is 4.04. The summed E-state index contributed by atoms with van der Waals surface area (Å²) in [6, 6.07) is 8.11. The molecule has 0 atom stereocenters. The number of ether oxygens (including phenoxy) is 1. The molecule has 0 radical (unpaired) electrons. The molecule has 1 N–H and O–H groups in total. The molecule has 1 saturated heterocycles. The van der Waals surface area contributed by atoms with Crippen molar-refractivity contribution in [2.75, 3.05) is 31.1 Å². The molecule has 1 aliphatic heterocycles. The maximum absolute atomic E-state index is 5.57. The summed E-state index contributed by atoms with van der Waals surface area (Å²) in [7, 11) is 0. The molecule has 1 aromatic heterocycles. The first kappa shape index (κ1) is 11.4. The highest BCUT2D eigenvalue weighted by atomic mass is 32.1. The third-order valence-electron chi connectivity index (χ3n) is 2.86. The molecule has 18 heavy (non-hydrogen) atoms. The largest absolute Gasteiger partial charge is 0.430 e. The summed E-state index contributed by atoms with van der Waals surface area (Å²) in [5, 5.41) is 11.5. The standard InChI is InChI=1S/C12H14N4OS/c1-3-11(17-12-15-14-9-18-12)4-2-10(1)16-7-5-13-6-8-16/h1-4,9,13H,5-8H2. The van der Waals surface area contributed by atoms with Crippen molar-refractivity contribution in [3.8, 4) is 10.9 Å². The van der Waals surface area contributed by atoms with Crippen LogP contribution in [0.1, 0.15) is 0 Å². The van der Waals surface area contributed by atoms with E-state index < -0.39 is 0 Å². The zero-order valence-electron chi connectivity index (χ0n) is 9.87. The Bertz CT molecular complexity index is 479. The minimum absolute atomic E-state index is 0.574. The summed E-state index contributed by atoms with van der Waals surface area (Å²) in [5.41, 5.74) is 2.89. The lowest BCUT2D eigenvalue weighted by Crippen LogP contribution is -2.43. The molecule has 6 heteroatoms. The number of benzene rings is 1. The summed E-state index contributed by atoms with van der Waals surface area (Å²) in [4.78, 5) is 2.37. The van der Waals surface area contributed by atoms with E-state index in [4.69, 9.17) is 4.74 Å². The van der Waals surface area contributed by atoms with Gasteiger partial charge in [-0.2, -0.15) is 0 Å². The van der Waals surface area contributed by atoms with Crippen LogP contribution < -0.4 is 15.0 Å². The third-order valence-corrected chi connectivity index (χ3v) is 3.43. The van der Waals surface area contributed by atoms with E-state index in [1.807, 2.05) is 12.1 Å². The van der Waals surface area contributed by atoms with Crippen molar-refractivity contribution in [1.29, 1.82) is 0 Å². The molecule has 5 nitrogen and oxygen atoms in total. The van der Waals surface area contributed by atoms with Gasteiger partial charge in [-0.05, 0) is 24.3 Å². The fraction of sp³-hybridized carbons (Fsp3) is 0.333. The first-order chi connectivity index (χ1) is 8.92. The van der Waals surface area contributed by atoms with E-state index in [2.05, 4.69) is 32.5 Å². The summed E-state index contributed by atoms with van der Waals surface area (Å²) < 4.78 is 5.57. The zero-order valence-corrected chi connectivity index (χ0v) is 10.7. The number of piperazine rings is 1. The van der Waals surface area contributed by atoms with Crippen LogP contribution in [0, 0.1) is 0 Å². The molecular weight excluding hydrogens is 248 g/mol. The van der Waals surface area contributed by atoms with Gasteiger partial charge in [-0.25, -0.2) is 0 Å². The molecule has 94 valence electrons. The summed E-state index contributed by atoms with van der Waals surface area (Å²) >= 11 is 1.39. The molecule has 0 amide bonds. The van der Waals surface area contributed by atoms with E-state index in [-0.39, 0.29) is 0 Å². The Morgan fingerprint density at radius 2 is 1.94 bits per heavy atom. The summed E-state index contributed by atoms with van der Waals surface area (Å²) in [5.74, 6) is 0.797. The van der Waals surface area contributed by atoms with E-state index in [1.165, 1.54) is 17.0 Å². The van der Waals surface area contributed by atoms with Crippen molar-refractivity contribution in [3.05, 3.63) is 29.8 Å². The molecule has 3 rings (SSSR count). The molecule has 1 aliphatic rings. The predicted molar refractivity (Wildman–Crippen MR) is 71.5 cm³/mol. The van der Waals surface area contributed by atoms with Gasteiger partial charge in [0.1, 0.15) is 11.3 Å². The molecule has 1 aromatic carbocycles. The molecular formula is C12H14N4OS. The van der Waals surface area contributed by atoms with Crippen molar-refractivity contribution in [2.45, 2.75) is 0 Å². The van der Waals surface area contributed by atoms with Crippen LogP contribution in [0.3, 0.4) is 0 Å². The van der Waals surface area contributed by atoms with Crippen LogP contribution in [0.5, 0.6) is 10.9 Å². The van der Waals surface area contributed by atoms with Crippen LogP contribution in [0.2, 0.25) is 0 Å². The highest BCUT2D eigenvalue weighted by Gasteiger charge is 2.10. The lowest BCUT2D eigenvalue weighted by atomic mass is 10.2. The number of nitrogens with one attached hydrogen (secondary N) is 1. The number of hydrogen-bond donors (Lipinski definition) is 1. The van der Waals surface area contributed by atoms with Gasteiger partial charge in [0.25, 0.3) is 5.19 Å². The van der Waals surface area contributed by atoms with Crippen molar-refractivity contribution in [1.82, 2.24) is 15.5 Å². The average Bonchev–Trinajstić information content (AvgIpc) is 2.94. The normalized spacial score (nSPS) is 15.7. The Morgan fingerprint density at radius 1 is 1.17 bits per heavy atom. The quantitative estimate of drug-likeness (QED) is 0.913. The van der Waals surface area contributed by atoms with Crippen molar-refractivity contribution >= 4 is 17.0 Å². The van der Waals surface area contributed by atoms with Crippen molar-refractivity contribution in [3.63, 3.8) is 0 Å². The second kappa shape index (κ2) is 5.32. The maximum atomic E-state index is 5.57. The Balaban J connectivity index is 1.68. The SMILES string of the molecule is c1nnc(Oc2ccc(N3CCNCC3)cc2)s1. The number of hydrogen-bond acceptors (Lipinski definition) is 6. The van der Waals surface area contributed by atoms with Crippen LogP contribution in [-0.2, 0) is 0 Å². The summed E-state index contributed by atoms with van der Waals surface area (Å²) in [6.07, 6.45) is 0. The smallest absolute Gasteiger partial charge is 0.299 e. The van der Waals surface area contributed by atoms with E-state index in [9.17, 15) is 0 Å². The van der Waals surface area contributed by atoms with E-state index in [1.54, 1.807) is 5.51 Å². The van der Waals surface area contributed by atoms with Crippen LogP contribution in [0.25, 0.3) is 0 Å². The van der Waals surface area contributed by atoms with Gasteiger partial charge in [0.2, 0.25) is 0 Å². The lowest BCUT2D eigenvalue weighted by Gasteiger charge is -2.29. The van der Waals surface area contributed by atoms with Crippen molar-refractivity contribution < 1.29 is 4.74 Å². The van der Waals surface area contributed by atoms with Crippen LogP contribution >= 0.6 is 11.3 Å². The molecule has 0 unspecified atom stereocenters. The predicted octanol–water partition coefficient (Wildman–Crippen LogP) is 1.74. The fourth-order valence-corrected chi connectivity index (χ4v) is 2.38. The van der Waals surface area contributed by atoms with Gasteiger partial charge < -0.3 is 15.0 Å². The topological polar surface area (TPSA) is 50.3 Å². The monoisotopic (exact) mass is 262 g/mol. The fourth-order valence-electron chi connectivity index (χ4n) is 1.96. The first-order valence-electron chi connectivity index (χ1n) is 5.91. The van der Waals surface area contributed by atoms with Crippen LogP contribution in [-0.4, -0.2) is 36.4 Å². The lowest BCUT2D eigenvalue weighted by molar-refractivity contribution is 0.473. The number of aromatic nitrogens is 2. The maximum Gasteiger partial charge on any atom is 0.299 e. The van der Waals surface area contributed by atoms with Crippen molar-refractivity contribution in [2.24, 2.45) is 0 Å². The Hall–Kier alpha value is -1.66. The molecule has 0 bridgehead atoms. The van der Waals surface area contributed by atoms with Crippen LogP contribution in [0.15, 0.2) is 29.8 Å². The third kappa shape index (κ3) is 2.60. The molecule has 2 heterocycles. The number of rotatable bonds is 3. The van der Waals surface area contributed by atoms with E-state index >= 15 is 0 Å². The minimum atomic E-state index is 0.574. The summed E-state index contributed by atoms with van der Waals surface area (Å²) in [6.45, 7) is 4.19. The van der Waals surface area contributed by atoms with Gasteiger partial charge in [0.05, 0.1) is 0 Å². The van der Waals surface area contributed by atoms with E-state index in [0.29, 0.717) is 5.19 Å². The van der Waals surface area contributed by atoms with Gasteiger partial charge in [-0.1, -0.05) is 16.4 Å². The highest BCUT2D eigenvalue weighted by molar-refractivity contribution is 7.11. The Kier molecular flexibility index (Phi) is 3.38. The highest BCUT2D eigenvalue weighted by Crippen LogP contribution is 2.25. The molecule has 0 aliphatic carbocycles. The molecule has 2 aromatic rings. The van der Waals surface area contributed by atoms with Gasteiger partial charge in [0, 0.05) is 31.9 Å². The molecule has 0 spiro atoms.